The van der Waals surface area contributed by atoms with Gasteiger partial charge in [-0.15, -0.1) is 0 Å². The number of rotatable bonds is 5. The first-order chi connectivity index (χ1) is 9.11. The topological polar surface area (TPSA) is 63.4 Å². The Morgan fingerprint density at radius 1 is 1.21 bits per heavy atom. The number of fused-ring (bicyclic) bond motifs is 1. The number of nitrogen functional groups attached to an aromatic ring is 1. The van der Waals surface area contributed by atoms with E-state index in [0.717, 1.165) is 25.7 Å². The van der Waals surface area contributed by atoms with Gasteiger partial charge in [0.2, 0.25) is 0 Å². The van der Waals surface area contributed by atoms with Crippen molar-refractivity contribution in [1.82, 2.24) is 4.90 Å². The summed E-state index contributed by atoms with van der Waals surface area (Å²) in [7, 11) is 0. The van der Waals surface area contributed by atoms with Gasteiger partial charge in [0.05, 0.1) is 11.1 Å². The molecule has 0 spiro atoms. The molecule has 102 valence electrons. The fourth-order valence-electron chi connectivity index (χ4n) is 2.62. The monoisotopic (exact) mass is 260 g/mol. The number of hydrogen-bond acceptors (Lipinski definition) is 3. The van der Waals surface area contributed by atoms with Crippen molar-refractivity contribution in [3.05, 3.63) is 29.3 Å². The van der Waals surface area contributed by atoms with E-state index in [-0.39, 0.29) is 17.9 Å². The summed E-state index contributed by atoms with van der Waals surface area (Å²) < 4.78 is 0. The lowest BCUT2D eigenvalue weighted by molar-refractivity contribution is 0.0570. The summed E-state index contributed by atoms with van der Waals surface area (Å²) >= 11 is 0. The molecule has 2 amide bonds. The van der Waals surface area contributed by atoms with Gasteiger partial charge in [-0.25, -0.2) is 0 Å². The molecule has 4 heteroatoms. The molecule has 0 saturated heterocycles. The van der Waals surface area contributed by atoms with Crippen LogP contribution in [0.3, 0.4) is 0 Å². The minimum atomic E-state index is -0.235. The van der Waals surface area contributed by atoms with Gasteiger partial charge in [-0.2, -0.15) is 0 Å². The van der Waals surface area contributed by atoms with Crippen LogP contribution < -0.4 is 5.73 Å². The summed E-state index contributed by atoms with van der Waals surface area (Å²) in [5, 5.41) is 0. The molecule has 0 saturated carbocycles. The molecule has 1 atom stereocenters. The predicted molar refractivity (Wildman–Crippen MR) is 75.0 cm³/mol. The Labute approximate surface area is 113 Å². The van der Waals surface area contributed by atoms with Crippen molar-refractivity contribution in [2.24, 2.45) is 0 Å². The number of amides is 2. The zero-order valence-electron chi connectivity index (χ0n) is 11.5. The van der Waals surface area contributed by atoms with E-state index in [2.05, 4.69) is 6.92 Å². The Bertz CT molecular complexity index is 511. The molecule has 19 heavy (non-hydrogen) atoms. The molecule has 0 unspecified atom stereocenters. The lowest BCUT2D eigenvalue weighted by Gasteiger charge is -2.25. The fraction of sp³-hybridized carbons (Fsp3) is 0.467. The second kappa shape index (κ2) is 5.43. The predicted octanol–water partition coefficient (Wildman–Crippen LogP) is 2.83. The van der Waals surface area contributed by atoms with E-state index >= 15 is 0 Å². The summed E-state index contributed by atoms with van der Waals surface area (Å²) in [4.78, 5) is 26.2. The zero-order chi connectivity index (χ0) is 14.0. The van der Waals surface area contributed by atoms with Crippen LogP contribution in [0.25, 0.3) is 0 Å². The van der Waals surface area contributed by atoms with Gasteiger partial charge in [-0.05, 0) is 25.0 Å². The molecular formula is C15H20N2O2. The van der Waals surface area contributed by atoms with E-state index in [1.54, 1.807) is 18.2 Å². The number of nitrogens with two attached hydrogens (primary N) is 1. The van der Waals surface area contributed by atoms with Gasteiger partial charge in [0, 0.05) is 11.7 Å². The molecule has 0 fully saturated rings. The Morgan fingerprint density at radius 2 is 1.95 bits per heavy atom. The van der Waals surface area contributed by atoms with Gasteiger partial charge >= 0.3 is 0 Å². The maximum atomic E-state index is 12.4. The molecule has 1 aliphatic heterocycles. The standard InChI is InChI=1S/C15H20N2O2/c1-3-5-7-10(4-2)17-14(18)11-8-6-9-12(16)13(11)15(17)19/h6,8-10H,3-5,7,16H2,1-2H3/t10-/m1/s1. The molecule has 1 aromatic carbocycles. The largest absolute Gasteiger partial charge is 0.398 e. The highest BCUT2D eigenvalue weighted by molar-refractivity contribution is 6.23. The third-order valence-corrected chi connectivity index (χ3v) is 3.71. The first-order valence-electron chi connectivity index (χ1n) is 6.88. The van der Waals surface area contributed by atoms with Crippen LogP contribution in [0.5, 0.6) is 0 Å². The van der Waals surface area contributed by atoms with Gasteiger partial charge in [0.1, 0.15) is 0 Å². The molecule has 0 aliphatic carbocycles. The molecule has 0 radical (unpaired) electrons. The Hall–Kier alpha value is -1.84. The molecule has 4 nitrogen and oxygen atoms in total. The Kier molecular flexibility index (Phi) is 3.88. The summed E-state index contributed by atoms with van der Waals surface area (Å²) in [5.41, 5.74) is 7.04. The summed E-state index contributed by atoms with van der Waals surface area (Å²) in [5.74, 6) is -0.434. The number of anilines is 1. The van der Waals surface area contributed by atoms with E-state index in [1.807, 2.05) is 6.92 Å². The SMILES string of the molecule is CCCC[C@@H](CC)N1C(=O)c2cccc(N)c2C1=O. The first kappa shape index (κ1) is 13.6. The van der Waals surface area contributed by atoms with E-state index < -0.39 is 0 Å². The van der Waals surface area contributed by atoms with Gasteiger partial charge in [0.25, 0.3) is 11.8 Å². The molecule has 1 heterocycles. The van der Waals surface area contributed by atoms with E-state index in [0.29, 0.717) is 16.8 Å². The van der Waals surface area contributed by atoms with Crippen molar-refractivity contribution in [3.63, 3.8) is 0 Å². The Balaban J connectivity index is 2.33. The number of carbonyl (C=O) groups excluding carboxylic acids is 2. The molecular weight excluding hydrogens is 240 g/mol. The minimum absolute atomic E-state index is 0.0215. The van der Waals surface area contributed by atoms with Gasteiger partial charge in [-0.1, -0.05) is 32.8 Å². The third kappa shape index (κ3) is 2.23. The van der Waals surface area contributed by atoms with E-state index in [1.165, 1.54) is 4.90 Å². The molecule has 1 aromatic rings. The maximum absolute atomic E-state index is 12.4. The van der Waals surface area contributed by atoms with Crippen molar-refractivity contribution >= 4 is 17.5 Å². The summed E-state index contributed by atoms with van der Waals surface area (Å²) in [6, 6.07) is 5.04. The molecule has 0 aromatic heterocycles. The number of nitrogens with zero attached hydrogens (tertiary/aromatic N) is 1. The Morgan fingerprint density at radius 3 is 2.53 bits per heavy atom. The normalized spacial score (nSPS) is 15.8. The molecule has 0 bridgehead atoms. The average molecular weight is 260 g/mol. The highest BCUT2D eigenvalue weighted by Gasteiger charge is 2.40. The lowest BCUT2D eigenvalue weighted by atomic mass is 10.1. The van der Waals surface area contributed by atoms with Crippen LogP contribution in [-0.2, 0) is 0 Å². The maximum Gasteiger partial charge on any atom is 0.263 e. The fourth-order valence-corrected chi connectivity index (χ4v) is 2.62. The van der Waals surface area contributed by atoms with Crippen LogP contribution in [0.4, 0.5) is 5.69 Å². The lowest BCUT2D eigenvalue weighted by Crippen LogP contribution is -2.39. The highest BCUT2D eigenvalue weighted by atomic mass is 16.2. The van der Waals surface area contributed by atoms with Crippen LogP contribution in [0.15, 0.2) is 18.2 Å². The third-order valence-electron chi connectivity index (χ3n) is 3.71. The van der Waals surface area contributed by atoms with Crippen LogP contribution in [0, 0.1) is 0 Å². The van der Waals surface area contributed by atoms with Gasteiger partial charge < -0.3 is 5.73 Å². The van der Waals surface area contributed by atoms with Crippen LogP contribution in [0.1, 0.15) is 60.2 Å². The van der Waals surface area contributed by atoms with Crippen molar-refractivity contribution in [2.75, 3.05) is 5.73 Å². The van der Waals surface area contributed by atoms with Crippen molar-refractivity contribution in [2.45, 2.75) is 45.6 Å². The van der Waals surface area contributed by atoms with Crippen LogP contribution in [0.2, 0.25) is 0 Å². The number of benzene rings is 1. The second-order valence-corrected chi connectivity index (χ2v) is 4.95. The smallest absolute Gasteiger partial charge is 0.263 e. The number of imide groups is 1. The molecule has 1 aliphatic rings. The van der Waals surface area contributed by atoms with Crippen LogP contribution >= 0.6 is 0 Å². The molecule has 2 N–H and O–H groups in total. The van der Waals surface area contributed by atoms with E-state index in [4.69, 9.17) is 5.73 Å². The van der Waals surface area contributed by atoms with Crippen molar-refractivity contribution in [3.8, 4) is 0 Å². The molecule has 2 rings (SSSR count). The first-order valence-corrected chi connectivity index (χ1v) is 6.88. The van der Waals surface area contributed by atoms with Gasteiger partial charge in [0.15, 0.2) is 0 Å². The van der Waals surface area contributed by atoms with Crippen molar-refractivity contribution in [1.29, 1.82) is 0 Å². The summed E-state index contributed by atoms with van der Waals surface area (Å²) in [6.07, 6.45) is 3.72. The average Bonchev–Trinajstić information content (AvgIpc) is 2.66. The summed E-state index contributed by atoms with van der Waals surface area (Å²) in [6.45, 7) is 4.11. The second-order valence-electron chi connectivity index (χ2n) is 4.95. The van der Waals surface area contributed by atoms with Gasteiger partial charge in [-0.3, -0.25) is 14.5 Å². The number of hydrogen-bond donors (Lipinski definition) is 1. The number of unbranched alkanes of at least 4 members (excludes halogenated alkanes) is 1. The van der Waals surface area contributed by atoms with Crippen LogP contribution in [-0.4, -0.2) is 22.8 Å². The van der Waals surface area contributed by atoms with Crippen molar-refractivity contribution < 1.29 is 9.59 Å². The number of carbonyl (C=O) groups is 2. The highest BCUT2D eigenvalue weighted by Crippen LogP contribution is 2.30. The quantitative estimate of drug-likeness (QED) is 0.654. The van der Waals surface area contributed by atoms with E-state index in [9.17, 15) is 9.59 Å². The zero-order valence-corrected chi connectivity index (χ0v) is 11.5. The minimum Gasteiger partial charge on any atom is -0.398 e.